The van der Waals surface area contributed by atoms with Crippen LogP contribution < -0.4 is 20.1 Å². The van der Waals surface area contributed by atoms with E-state index in [1.165, 1.54) is 6.33 Å². The molecule has 1 aliphatic heterocycles. The van der Waals surface area contributed by atoms with Gasteiger partial charge in [-0.05, 0) is 18.1 Å². The number of benzene rings is 1. The molecule has 24 heavy (non-hydrogen) atoms. The van der Waals surface area contributed by atoms with Crippen LogP contribution in [-0.2, 0) is 0 Å². The van der Waals surface area contributed by atoms with Crippen molar-refractivity contribution in [2.24, 2.45) is 5.92 Å². The minimum atomic E-state index is -0.212. The predicted octanol–water partition coefficient (Wildman–Crippen LogP) is 2.38. The molecule has 0 aliphatic carbocycles. The van der Waals surface area contributed by atoms with Gasteiger partial charge in [0.1, 0.15) is 31.1 Å². The molecule has 126 valence electrons. The first-order valence-corrected chi connectivity index (χ1v) is 7.89. The highest BCUT2D eigenvalue weighted by Crippen LogP contribution is 2.33. The number of hydrogen-bond donors (Lipinski definition) is 2. The summed E-state index contributed by atoms with van der Waals surface area (Å²) in [6, 6.07) is 7.17. The first kappa shape index (κ1) is 16.0. The number of anilines is 2. The summed E-state index contributed by atoms with van der Waals surface area (Å²) in [4.78, 5) is 20.3. The van der Waals surface area contributed by atoms with Crippen molar-refractivity contribution >= 4 is 17.4 Å². The zero-order valence-corrected chi connectivity index (χ0v) is 13.7. The van der Waals surface area contributed by atoms with Crippen LogP contribution in [-0.4, -0.2) is 35.6 Å². The number of hydrogen-bond acceptors (Lipinski definition) is 6. The summed E-state index contributed by atoms with van der Waals surface area (Å²) < 4.78 is 11.1. The Labute approximate surface area is 140 Å². The number of carbonyl (C=O) groups is 1. The van der Waals surface area contributed by atoms with Crippen LogP contribution in [0.5, 0.6) is 11.5 Å². The summed E-state index contributed by atoms with van der Waals surface area (Å²) in [5.41, 5.74) is 1.12. The van der Waals surface area contributed by atoms with Gasteiger partial charge in [-0.25, -0.2) is 9.97 Å². The molecular formula is C17H20N4O3. The Morgan fingerprint density at radius 3 is 2.75 bits per heavy atom. The quantitative estimate of drug-likeness (QED) is 0.876. The molecule has 1 aromatic carbocycles. The molecule has 0 radical (unpaired) electrons. The average Bonchev–Trinajstić information content (AvgIpc) is 2.60. The van der Waals surface area contributed by atoms with Crippen LogP contribution in [0.1, 0.15) is 24.3 Å². The lowest BCUT2D eigenvalue weighted by molar-refractivity contribution is 0.0944. The van der Waals surface area contributed by atoms with Crippen molar-refractivity contribution in [1.82, 2.24) is 15.3 Å². The maximum atomic E-state index is 12.1. The number of rotatable bonds is 5. The molecule has 1 amide bonds. The number of nitrogens with one attached hydrogen (secondary N) is 2. The lowest BCUT2D eigenvalue weighted by atomic mass is 10.2. The van der Waals surface area contributed by atoms with Crippen molar-refractivity contribution in [3.05, 3.63) is 36.3 Å². The van der Waals surface area contributed by atoms with Crippen LogP contribution in [0.4, 0.5) is 11.5 Å². The van der Waals surface area contributed by atoms with E-state index in [-0.39, 0.29) is 5.91 Å². The van der Waals surface area contributed by atoms with Crippen LogP contribution in [0.25, 0.3) is 0 Å². The highest BCUT2D eigenvalue weighted by Gasteiger charge is 2.13. The van der Waals surface area contributed by atoms with Gasteiger partial charge in [0.2, 0.25) is 0 Å². The number of amides is 1. The summed E-state index contributed by atoms with van der Waals surface area (Å²) in [5, 5.41) is 5.98. The SMILES string of the molecule is CC(C)CNC(=O)c1cc(Nc2ccc3c(c2)OCCO3)ncn1. The van der Waals surface area contributed by atoms with E-state index in [0.29, 0.717) is 42.9 Å². The molecule has 0 bridgehead atoms. The lowest BCUT2D eigenvalue weighted by Crippen LogP contribution is -2.28. The standard InChI is InChI=1S/C17H20N4O3/c1-11(2)9-18-17(22)13-8-16(20-10-19-13)21-12-3-4-14-15(7-12)24-6-5-23-14/h3-4,7-8,10-11H,5-6,9H2,1-2H3,(H,18,22)(H,19,20,21). The van der Waals surface area contributed by atoms with E-state index in [2.05, 4.69) is 20.6 Å². The molecule has 0 atom stereocenters. The molecule has 2 aromatic rings. The van der Waals surface area contributed by atoms with Crippen LogP contribution >= 0.6 is 0 Å². The number of aromatic nitrogens is 2. The van der Waals surface area contributed by atoms with Gasteiger partial charge in [-0.3, -0.25) is 4.79 Å². The maximum Gasteiger partial charge on any atom is 0.270 e. The fourth-order valence-electron chi connectivity index (χ4n) is 2.21. The number of fused-ring (bicyclic) bond motifs is 1. The summed E-state index contributed by atoms with van der Waals surface area (Å²) in [5.74, 6) is 2.12. The Morgan fingerprint density at radius 2 is 1.96 bits per heavy atom. The van der Waals surface area contributed by atoms with Crippen molar-refractivity contribution in [3.8, 4) is 11.5 Å². The Morgan fingerprint density at radius 1 is 1.17 bits per heavy atom. The molecule has 2 N–H and O–H groups in total. The second-order valence-electron chi connectivity index (χ2n) is 5.88. The van der Waals surface area contributed by atoms with E-state index in [9.17, 15) is 4.79 Å². The zero-order valence-electron chi connectivity index (χ0n) is 13.7. The van der Waals surface area contributed by atoms with Gasteiger partial charge in [0.05, 0.1) is 0 Å². The van der Waals surface area contributed by atoms with Gasteiger partial charge in [-0.1, -0.05) is 13.8 Å². The Bertz CT molecular complexity index is 734. The fourth-order valence-corrected chi connectivity index (χ4v) is 2.21. The third-order valence-corrected chi connectivity index (χ3v) is 3.39. The van der Waals surface area contributed by atoms with E-state index in [1.807, 2.05) is 32.0 Å². The first-order valence-electron chi connectivity index (χ1n) is 7.89. The van der Waals surface area contributed by atoms with Crippen molar-refractivity contribution in [3.63, 3.8) is 0 Å². The zero-order chi connectivity index (χ0) is 16.9. The van der Waals surface area contributed by atoms with Gasteiger partial charge in [-0.15, -0.1) is 0 Å². The maximum absolute atomic E-state index is 12.1. The summed E-state index contributed by atoms with van der Waals surface area (Å²) in [7, 11) is 0. The minimum Gasteiger partial charge on any atom is -0.486 e. The van der Waals surface area contributed by atoms with Gasteiger partial charge >= 0.3 is 0 Å². The number of ether oxygens (including phenoxy) is 2. The van der Waals surface area contributed by atoms with Gasteiger partial charge in [0.25, 0.3) is 5.91 Å². The second kappa shape index (κ2) is 7.16. The van der Waals surface area contributed by atoms with E-state index in [1.54, 1.807) is 6.07 Å². The van der Waals surface area contributed by atoms with Crippen LogP contribution in [0.15, 0.2) is 30.6 Å². The molecule has 0 fully saturated rings. The van der Waals surface area contributed by atoms with Crippen molar-refractivity contribution in [1.29, 1.82) is 0 Å². The number of carbonyl (C=O) groups excluding carboxylic acids is 1. The van der Waals surface area contributed by atoms with Gasteiger partial charge in [0, 0.05) is 24.4 Å². The van der Waals surface area contributed by atoms with Gasteiger partial charge in [0.15, 0.2) is 11.5 Å². The average molecular weight is 328 g/mol. The normalized spacial score (nSPS) is 12.8. The molecule has 0 unspecified atom stereocenters. The predicted molar refractivity (Wildman–Crippen MR) is 89.9 cm³/mol. The highest BCUT2D eigenvalue weighted by atomic mass is 16.6. The Balaban J connectivity index is 1.71. The van der Waals surface area contributed by atoms with E-state index in [0.717, 1.165) is 11.4 Å². The van der Waals surface area contributed by atoms with Crippen LogP contribution in [0, 0.1) is 5.92 Å². The number of nitrogens with zero attached hydrogens (tertiary/aromatic N) is 2. The molecule has 2 heterocycles. The largest absolute Gasteiger partial charge is 0.486 e. The van der Waals surface area contributed by atoms with E-state index < -0.39 is 0 Å². The minimum absolute atomic E-state index is 0.212. The van der Waals surface area contributed by atoms with Crippen molar-refractivity contribution < 1.29 is 14.3 Å². The second-order valence-corrected chi connectivity index (χ2v) is 5.88. The molecule has 7 nitrogen and oxygen atoms in total. The highest BCUT2D eigenvalue weighted by molar-refractivity contribution is 5.92. The molecule has 0 saturated carbocycles. The summed E-state index contributed by atoms with van der Waals surface area (Å²) in [6.45, 7) is 5.77. The van der Waals surface area contributed by atoms with Gasteiger partial charge < -0.3 is 20.1 Å². The fraction of sp³-hybridized carbons (Fsp3) is 0.353. The molecular weight excluding hydrogens is 308 g/mol. The first-order chi connectivity index (χ1) is 11.6. The topological polar surface area (TPSA) is 85.4 Å². The molecule has 1 aliphatic rings. The van der Waals surface area contributed by atoms with Crippen molar-refractivity contribution in [2.75, 3.05) is 25.1 Å². The third kappa shape index (κ3) is 3.92. The van der Waals surface area contributed by atoms with Gasteiger partial charge in [-0.2, -0.15) is 0 Å². The monoisotopic (exact) mass is 328 g/mol. The molecule has 1 aromatic heterocycles. The molecule has 7 heteroatoms. The Kier molecular flexibility index (Phi) is 4.79. The van der Waals surface area contributed by atoms with E-state index >= 15 is 0 Å². The molecule has 3 rings (SSSR count). The lowest BCUT2D eigenvalue weighted by Gasteiger charge is -2.19. The summed E-state index contributed by atoms with van der Waals surface area (Å²) >= 11 is 0. The van der Waals surface area contributed by atoms with Crippen molar-refractivity contribution in [2.45, 2.75) is 13.8 Å². The third-order valence-electron chi connectivity index (χ3n) is 3.39. The molecule has 0 spiro atoms. The smallest absolute Gasteiger partial charge is 0.270 e. The Hall–Kier alpha value is -2.83. The summed E-state index contributed by atoms with van der Waals surface area (Å²) in [6.07, 6.45) is 1.37. The van der Waals surface area contributed by atoms with Crippen LogP contribution in [0.2, 0.25) is 0 Å². The van der Waals surface area contributed by atoms with E-state index in [4.69, 9.17) is 9.47 Å². The molecule has 0 saturated heterocycles. The van der Waals surface area contributed by atoms with Crippen LogP contribution in [0.3, 0.4) is 0 Å².